The van der Waals surface area contributed by atoms with Crippen LogP contribution in [0.2, 0.25) is 5.02 Å². The number of carbonyl (C=O) groups is 3. The van der Waals surface area contributed by atoms with E-state index in [1.807, 2.05) is 18.2 Å². The first-order valence-corrected chi connectivity index (χ1v) is 7.97. The second-order valence-electron chi connectivity index (χ2n) is 5.43. The van der Waals surface area contributed by atoms with Crippen LogP contribution in [0.1, 0.15) is 12.0 Å². The molecule has 1 atom stereocenters. The quantitative estimate of drug-likeness (QED) is 0.719. The summed E-state index contributed by atoms with van der Waals surface area (Å²) in [4.78, 5) is 37.3. The van der Waals surface area contributed by atoms with Crippen molar-refractivity contribution < 1.29 is 19.1 Å². The third-order valence-corrected chi connectivity index (χ3v) is 4.18. The van der Waals surface area contributed by atoms with E-state index in [1.54, 1.807) is 11.0 Å². The van der Waals surface area contributed by atoms with Crippen molar-refractivity contribution in [3.8, 4) is 0 Å². The second kappa shape index (κ2) is 8.65. The predicted molar refractivity (Wildman–Crippen MR) is 88.3 cm³/mol. The molecule has 130 valence electrons. The van der Waals surface area contributed by atoms with Gasteiger partial charge in [-0.1, -0.05) is 29.8 Å². The highest BCUT2D eigenvalue weighted by molar-refractivity contribution is 6.31. The van der Waals surface area contributed by atoms with Crippen molar-refractivity contribution in [3.05, 3.63) is 34.9 Å². The summed E-state index contributed by atoms with van der Waals surface area (Å²) >= 11 is 6.05. The number of nitrogens with zero attached hydrogens (tertiary/aromatic N) is 1. The van der Waals surface area contributed by atoms with Gasteiger partial charge in [0, 0.05) is 24.7 Å². The van der Waals surface area contributed by atoms with Crippen LogP contribution < -0.4 is 10.6 Å². The van der Waals surface area contributed by atoms with E-state index in [1.165, 1.54) is 7.11 Å². The number of carbonyl (C=O) groups excluding carboxylic acids is 3. The summed E-state index contributed by atoms with van der Waals surface area (Å²) in [5.74, 6) is -0.997. The maximum absolute atomic E-state index is 12.2. The van der Waals surface area contributed by atoms with Gasteiger partial charge < -0.3 is 15.4 Å². The van der Waals surface area contributed by atoms with Gasteiger partial charge in [0.2, 0.25) is 11.8 Å². The van der Waals surface area contributed by atoms with Crippen molar-refractivity contribution in [2.45, 2.75) is 19.0 Å². The fourth-order valence-corrected chi connectivity index (χ4v) is 2.69. The number of esters is 1. The van der Waals surface area contributed by atoms with Crippen LogP contribution in [0.15, 0.2) is 24.3 Å². The smallest absolute Gasteiger partial charge is 0.307 e. The van der Waals surface area contributed by atoms with Crippen molar-refractivity contribution in [2.75, 3.05) is 26.7 Å². The highest BCUT2D eigenvalue weighted by Crippen LogP contribution is 2.14. The second-order valence-corrected chi connectivity index (χ2v) is 5.83. The lowest BCUT2D eigenvalue weighted by atomic mass is 10.1. The lowest BCUT2D eigenvalue weighted by molar-refractivity contribution is -0.146. The number of piperazine rings is 1. The number of methoxy groups -OCH3 is 1. The molecule has 1 aliphatic heterocycles. The molecular formula is C16H20ClN3O4. The molecule has 0 unspecified atom stereocenters. The lowest BCUT2D eigenvalue weighted by Crippen LogP contribution is -2.57. The molecule has 1 aromatic rings. The monoisotopic (exact) mass is 353 g/mol. The minimum absolute atomic E-state index is 0.0273. The van der Waals surface area contributed by atoms with Gasteiger partial charge in [-0.3, -0.25) is 19.3 Å². The molecule has 1 aliphatic rings. The highest BCUT2D eigenvalue weighted by Gasteiger charge is 2.32. The summed E-state index contributed by atoms with van der Waals surface area (Å²) in [6, 6.07) is 6.55. The largest absolute Gasteiger partial charge is 0.469 e. The standard InChI is InChI=1S/C16H20ClN3O4/c1-24-15(22)8-13-16(23)18-6-7-20(13)10-14(21)19-9-11-4-2-3-5-12(11)17/h2-5,13H,6-10H2,1H3,(H,18,23)(H,19,21)/t13-/m1/s1. The maximum Gasteiger partial charge on any atom is 0.307 e. The molecule has 0 spiro atoms. The number of ether oxygens (including phenoxy) is 1. The van der Waals surface area contributed by atoms with Crippen molar-refractivity contribution in [1.29, 1.82) is 0 Å². The van der Waals surface area contributed by atoms with Crippen LogP contribution in [0, 0.1) is 0 Å². The molecule has 1 aromatic carbocycles. The molecule has 1 saturated heterocycles. The van der Waals surface area contributed by atoms with Crippen molar-refractivity contribution in [2.24, 2.45) is 0 Å². The summed E-state index contributed by atoms with van der Waals surface area (Å²) in [5, 5.41) is 6.05. The number of nitrogens with one attached hydrogen (secondary N) is 2. The topological polar surface area (TPSA) is 87.7 Å². The SMILES string of the molecule is COC(=O)C[C@@H]1C(=O)NCCN1CC(=O)NCc1ccccc1Cl. The zero-order valence-electron chi connectivity index (χ0n) is 13.4. The molecule has 0 aromatic heterocycles. The van der Waals surface area contributed by atoms with Crippen LogP contribution in [0.3, 0.4) is 0 Å². The molecule has 1 heterocycles. The molecule has 7 nitrogen and oxygen atoms in total. The van der Waals surface area contributed by atoms with E-state index >= 15 is 0 Å². The minimum Gasteiger partial charge on any atom is -0.469 e. The third kappa shape index (κ3) is 4.94. The van der Waals surface area contributed by atoms with Crippen LogP contribution >= 0.6 is 11.6 Å². The Morgan fingerprint density at radius 1 is 1.42 bits per heavy atom. The number of hydrogen-bond acceptors (Lipinski definition) is 5. The van der Waals surface area contributed by atoms with E-state index < -0.39 is 12.0 Å². The van der Waals surface area contributed by atoms with E-state index in [2.05, 4.69) is 15.4 Å². The minimum atomic E-state index is -0.697. The van der Waals surface area contributed by atoms with Gasteiger partial charge in [-0.05, 0) is 11.6 Å². The molecule has 0 bridgehead atoms. The summed E-state index contributed by atoms with van der Waals surface area (Å²) < 4.78 is 4.61. The average molecular weight is 354 g/mol. The van der Waals surface area contributed by atoms with Crippen molar-refractivity contribution in [3.63, 3.8) is 0 Å². The van der Waals surface area contributed by atoms with Gasteiger partial charge in [-0.25, -0.2) is 0 Å². The van der Waals surface area contributed by atoms with Gasteiger partial charge in [0.15, 0.2) is 0 Å². The number of hydrogen-bond donors (Lipinski definition) is 2. The molecule has 0 saturated carbocycles. The zero-order chi connectivity index (χ0) is 17.5. The Kier molecular flexibility index (Phi) is 6.57. The molecule has 2 rings (SSSR count). The highest BCUT2D eigenvalue weighted by atomic mass is 35.5. The number of benzene rings is 1. The Morgan fingerprint density at radius 3 is 2.88 bits per heavy atom. The third-order valence-electron chi connectivity index (χ3n) is 3.81. The van der Waals surface area contributed by atoms with Gasteiger partial charge in [-0.2, -0.15) is 0 Å². The number of halogens is 1. The molecule has 1 fully saturated rings. The van der Waals surface area contributed by atoms with Gasteiger partial charge in [0.25, 0.3) is 0 Å². The average Bonchev–Trinajstić information content (AvgIpc) is 2.57. The summed E-state index contributed by atoms with van der Waals surface area (Å²) in [5.41, 5.74) is 0.815. The van der Waals surface area contributed by atoms with E-state index in [4.69, 9.17) is 11.6 Å². The molecular weight excluding hydrogens is 334 g/mol. The van der Waals surface area contributed by atoms with E-state index in [0.29, 0.717) is 24.7 Å². The maximum atomic E-state index is 12.2. The number of rotatable bonds is 6. The Labute approximate surface area is 145 Å². The fourth-order valence-electron chi connectivity index (χ4n) is 2.49. The van der Waals surface area contributed by atoms with Crippen LogP contribution in [0.25, 0.3) is 0 Å². The molecule has 8 heteroatoms. The normalized spacial score (nSPS) is 17.9. The summed E-state index contributed by atoms with van der Waals surface area (Å²) in [6.07, 6.45) is -0.0832. The Balaban J connectivity index is 1.91. The van der Waals surface area contributed by atoms with Crippen LogP contribution in [-0.4, -0.2) is 55.5 Å². The molecule has 24 heavy (non-hydrogen) atoms. The van der Waals surface area contributed by atoms with E-state index in [0.717, 1.165) is 5.56 Å². The Morgan fingerprint density at radius 2 is 2.17 bits per heavy atom. The van der Waals surface area contributed by atoms with E-state index in [9.17, 15) is 14.4 Å². The molecule has 0 aliphatic carbocycles. The van der Waals surface area contributed by atoms with Crippen LogP contribution in [0.4, 0.5) is 0 Å². The molecule has 2 amide bonds. The van der Waals surface area contributed by atoms with Gasteiger partial charge in [0.05, 0.1) is 20.1 Å². The van der Waals surface area contributed by atoms with Crippen LogP contribution in [-0.2, 0) is 25.7 Å². The van der Waals surface area contributed by atoms with E-state index in [-0.39, 0.29) is 24.8 Å². The summed E-state index contributed by atoms with van der Waals surface area (Å²) in [7, 11) is 1.27. The lowest BCUT2D eigenvalue weighted by Gasteiger charge is -2.33. The van der Waals surface area contributed by atoms with Gasteiger partial charge >= 0.3 is 5.97 Å². The first-order valence-electron chi connectivity index (χ1n) is 7.60. The fraction of sp³-hybridized carbons (Fsp3) is 0.438. The molecule has 2 N–H and O–H groups in total. The van der Waals surface area contributed by atoms with Crippen molar-refractivity contribution >= 4 is 29.4 Å². The first-order chi connectivity index (χ1) is 11.5. The predicted octanol–water partition coefficient (Wildman–Crippen LogP) is 0.320. The summed E-state index contributed by atoms with van der Waals surface area (Å²) in [6.45, 7) is 1.26. The first kappa shape index (κ1) is 18.2. The zero-order valence-corrected chi connectivity index (χ0v) is 14.1. The van der Waals surface area contributed by atoms with Gasteiger partial charge in [-0.15, -0.1) is 0 Å². The Bertz CT molecular complexity index is 623. The number of amides is 2. The van der Waals surface area contributed by atoms with Crippen LogP contribution in [0.5, 0.6) is 0 Å². The molecule has 0 radical (unpaired) electrons. The Hall–Kier alpha value is -2.12. The van der Waals surface area contributed by atoms with Crippen molar-refractivity contribution in [1.82, 2.24) is 15.5 Å². The van der Waals surface area contributed by atoms with Gasteiger partial charge in [0.1, 0.15) is 6.04 Å².